The number of carbonyl (C=O) groups excluding carboxylic acids is 2. The highest BCUT2D eigenvalue weighted by Crippen LogP contribution is 2.30. The van der Waals surface area contributed by atoms with Gasteiger partial charge in [0.2, 0.25) is 11.8 Å². The lowest BCUT2D eigenvalue weighted by molar-refractivity contribution is -0.142. The molecule has 1 aromatic rings. The lowest BCUT2D eigenvalue weighted by Crippen LogP contribution is -2.47. The number of benzene rings is 1. The summed E-state index contributed by atoms with van der Waals surface area (Å²) in [6.45, 7) is 8.34. The van der Waals surface area contributed by atoms with Gasteiger partial charge in [-0.1, -0.05) is 12.1 Å². The molecule has 2 fully saturated rings. The molecule has 5 heteroatoms. The van der Waals surface area contributed by atoms with Crippen molar-refractivity contribution in [1.29, 1.82) is 0 Å². The van der Waals surface area contributed by atoms with E-state index in [0.717, 1.165) is 16.8 Å². The van der Waals surface area contributed by atoms with Crippen molar-refractivity contribution in [3.8, 4) is 0 Å². The molecule has 1 aromatic carbocycles. The molecule has 0 spiro atoms. The van der Waals surface area contributed by atoms with E-state index >= 15 is 0 Å². The van der Waals surface area contributed by atoms with Crippen molar-refractivity contribution in [3.63, 3.8) is 0 Å². The number of rotatable bonds is 2. The van der Waals surface area contributed by atoms with Gasteiger partial charge in [0, 0.05) is 31.7 Å². The van der Waals surface area contributed by atoms with E-state index in [9.17, 15) is 9.59 Å². The van der Waals surface area contributed by atoms with Crippen LogP contribution in [-0.4, -0.2) is 49.1 Å². The van der Waals surface area contributed by atoms with Gasteiger partial charge >= 0.3 is 0 Å². The van der Waals surface area contributed by atoms with E-state index in [1.54, 1.807) is 4.90 Å². The van der Waals surface area contributed by atoms with Crippen molar-refractivity contribution in [2.24, 2.45) is 5.92 Å². The van der Waals surface area contributed by atoms with Crippen LogP contribution in [0.2, 0.25) is 0 Å². The molecule has 0 saturated carbocycles. The van der Waals surface area contributed by atoms with Gasteiger partial charge in [-0.05, 0) is 38.0 Å². The van der Waals surface area contributed by atoms with Crippen LogP contribution >= 0.6 is 0 Å². The summed E-state index contributed by atoms with van der Waals surface area (Å²) < 4.78 is 5.49. The molecular formula is C18H24N2O3. The van der Waals surface area contributed by atoms with Crippen LogP contribution in [0.1, 0.15) is 24.5 Å². The fraction of sp³-hybridized carbons (Fsp3) is 0.556. The highest BCUT2D eigenvalue weighted by Gasteiger charge is 2.38. The largest absolute Gasteiger partial charge is 0.375 e. The number of anilines is 1. The van der Waals surface area contributed by atoms with E-state index in [0.29, 0.717) is 32.7 Å². The molecule has 23 heavy (non-hydrogen) atoms. The molecule has 0 radical (unpaired) electrons. The van der Waals surface area contributed by atoms with E-state index in [4.69, 9.17) is 4.74 Å². The molecule has 2 atom stereocenters. The van der Waals surface area contributed by atoms with Crippen molar-refractivity contribution in [3.05, 3.63) is 29.3 Å². The molecule has 2 heterocycles. The van der Waals surface area contributed by atoms with Gasteiger partial charge in [-0.2, -0.15) is 0 Å². The van der Waals surface area contributed by atoms with Crippen LogP contribution < -0.4 is 4.90 Å². The third kappa shape index (κ3) is 3.11. The number of morpholine rings is 1. The summed E-state index contributed by atoms with van der Waals surface area (Å²) in [5.74, 6) is -0.118. The minimum Gasteiger partial charge on any atom is -0.375 e. The first-order valence-corrected chi connectivity index (χ1v) is 8.24. The van der Waals surface area contributed by atoms with E-state index in [2.05, 4.69) is 0 Å². The van der Waals surface area contributed by atoms with E-state index in [-0.39, 0.29) is 23.8 Å². The fourth-order valence-electron chi connectivity index (χ4n) is 3.41. The molecule has 2 amide bonds. The van der Waals surface area contributed by atoms with Gasteiger partial charge in [-0.25, -0.2) is 0 Å². The second-order valence-electron chi connectivity index (χ2n) is 6.59. The maximum absolute atomic E-state index is 12.7. The molecule has 0 bridgehead atoms. The van der Waals surface area contributed by atoms with E-state index in [1.165, 1.54) is 0 Å². The highest BCUT2D eigenvalue weighted by atomic mass is 16.5. The molecule has 2 saturated heterocycles. The van der Waals surface area contributed by atoms with Gasteiger partial charge in [0.15, 0.2) is 0 Å². The van der Waals surface area contributed by atoms with Crippen molar-refractivity contribution in [2.45, 2.75) is 33.3 Å². The molecule has 5 nitrogen and oxygen atoms in total. The fourth-order valence-corrected chi connectivity index (χ4v) is 3.41. The Morgan fingerprint density at radius 2 is 2.04 bits per heavy atom. The van der Waals surface area contributed by atoms with Crippen LogP contribution in [0.4, 0.5) is 5.69 Å². The smallest absolute Gasteiger partial charge is 0.228 e. The SMILES string of the molecule is Cc1cccc(N2C[C@H](C(=O)N3CCO[C@H](C)C3)CC2=O)c1C. The van der Waals surface area contributed by atoms with Gasteiger partial charge in [-0.15, -0.1) is 0 Å². The minimum atomic E-state index is -0.243. The second kappa shape index (κ2) is 6.32. The van der Waals surface area contributed by atoms with Crippen LogP contribution in [-0.2, 0) is 14.3 Å². The molecule has 0 aliphatic carbocycles. The first-order valence-electron chi connectivity index (χ1n) is 8.24. The second-order valence-corrected chi connectivity index (χ2v) is 6.59. The Kier molecular flexibility index (Phi) is 4.39. The van der Waals surface area contributed by atoms with Crippen molar-refractivity contribution in [2.75, 3.05) is 31.1 Å². The molecule has 124 valence electrons. The lowest BCUT2D eigenvalue weighted by atomic mass is 10.1. The number of ether oxygens (including phenoxy) is 1. The summed E-state index contributed by atoms with van der Waals surface area (Å²) in [5, 5.41) is 0. The zero-order valence-corrected chi connectivity index (χ0v) is 14.0. The molecule has 3 rings (SSSR count). The van der Waals surface area contributed by atoms with Gasteiger partial charge in [0.1, 0.15) is 0 Å². The Hall–Kier alpha value is -1.88. The molecule has 0 N–H and O–H groups in total. The first-order chi connectivity index (χ1) is 11.0. The minimum absolute atomic E-state index is 0.0401. The van der Waals surface area contributed by atoms with Gasteiger partial charge < -0.3 is 14.5 Å². The summed E-state index contributed by atoms with van der Waals surface area (Å²) in [5.41, 5.74) is 3.20. The Morgan fingerprint density at radius 3 is 2.78 bits per heavy atom. The Morgan fingerprint density at radius 1 is 1.26 bits per heavy atom. The maximum Gasteiger partial charge on any atom is 0.228 e. The van der Waals surface area contributed by atoms with Crippen molar-refractivity contribution in [1.82, 2.24) is 4.90 Å². The lowest BCUT2D eigenvalue weighted by Gasteiger charge is -2.32. The van der Waals surface area contributed by atoms with Crippen LogP contribution in [0, 0.1) is 19.8 Å². The summed E-state index contributed by atoms with van der Waals surface area (Å²) in [7, 11) is 0. The number of hydrogen-bond donors (Lipinski definition) is 0. The summed E-state index contributed by atoms with van der Waals surface area (Å²) in [6, 6.07) is 5.96. The van der Waals surface area contributed by atoms with Crippen LogP contribution in [0.15, 0.2) is 18.2 Å². The Balaban J connectivity index is 1.74. The van der Waals surface area contributed by atoms with E-state index < -0.39 is 0 Å². The summed E-state index contributed by atoms with van der Waals surface area (Å²) in [4.78, 5) is 28.8. The predicted octanol–water partition coefficient (Wildman–Crippen LogP) is 1.90. The number of aryl methyl sites for hydroxylation is 1. The Bertz CT molecular complexity index is 629. The van der Waals surface area contributed by atoms with Crippen LogP contribution in [0.25, 0.3) is 0 Å². The van der Waals surface area contributed by atoms with Crippen molar-refractivity contribution >= 4 is 17.5 Å². The maximum atomic E-state index is 12.7. The van der Waals surface area contributed by atoms with Gasteiger partial charge in [-0.3, -0.25) is 9.59 Å². The average molecular weight is 316 g/mol. The molecule has 2 aliphatic rings. The third-order valence-corrected chi connectivity index (χ3v) is 4.89. The average Bonchev–Trinajstić information content (AvgIpc) is 2.91. The quantitative estimate of drug-likeness (QED) is 0.837. The number of amides is 2. The molecular weight excluding hydrogens is 292 g/mol. The van der Waals surface area contributed by atoms with Crippen molar-refractivity contribution < 1.29 is 14.3 Å². The zero-order valence-electron chi connectivity index (χ0n) is 14.0. The topological polar surface area (TPSA) is 49.9 Å². The van der Waals surface area contributed by atoms with E-state index in [1.807, 2.05) is 43.9 Å². The number of carbonyl (C=O) groups is 2. The van der Waals surface area contributed by atoms with Gasteiger partial charge in [0.25, 0.3) is 0 Å². The summed E-state index contributed by atoms with van der Waals surface area (Å²) >= 11 is 0. The van der Waals surface area contributed by atoms with Gasteiger partial charge in [0.05, 0.1) is 18.6 Å². The van der Waals surface area contributed by atoms with Crippen LogP contribution in [0.3, 0.4) is 0 Å². The zero-order chi connectivity index (χ0) is 16.6. The monoisotopic (exact) mass is 316 g/mol. The molecule has 0 unspecified atom stereocenters. The Labute approximate surface area is 137 Å². The normalized spacial score (nSPS) is 25.1. The highest BCUT2D eigenvalue weighted by molar-refractivity contribution is 6.00. The number of nitrogens with zero attached hydrogens (tertiary/aromatic N) is 2. The van der Waals surface area contributed by atoms with Crippen LogP contribution in [0.5, 0.6) is 0 Å². The summed E-state index contributed by atoms with van der Waals surface area (Å²) in [6.07, 6.45) is 0.373. The first kappa shape index (κ1) is 16.0. The molecule has 0 aromatic heterocycles. The third-order valence-electron chi connectivity index (χ3n) is 4.89. The number of hydrogen-bond acceptors (Lipinski definition) is 3. The standard InChI is InChI=1S/C18H24N2O3/c1-12-5-4-6-16(14(12)3)20-11-15(9-17(20)21)18(22)19-7-8-23-13(2)10-19/h4-6,13,15H,7-11H2,1-3H3/t13-,15-/m1/s1. The predicted molar refractivity (Wildman–Crippen MR) is 88.4 cm³/mol. The molecule has 2 aliphatic heterocycles.